The molecule has 1 aromatic carbocycles. The largest absolute Gasteiger partial charge is 0.370 e. The van der Waals surface area contributed by atoms with Gasteiger partial charge >= 0.3 is 0 Å². The Morgan fingerprint density at radius 1 is 1.00 bits per heavy atom. The van der Waals surface area contributed by atoms with Crippen LogP contribution in [0.1, 0.15) is 32.3 Å². The lowest BCUT2D eigenvalue weighted by molar-refractivity contribution is 0.601. The molecule has 0 aliphatic carbocycles. The molecule has 0 atom stereocenters. The molecule has 0 radical (unpaired) electrons. The van der Waals surface area contributed by atoms with Crippen molar-refractivity contribution in [1.82, 2.24) is 4.98 Å². The second kappa shape index (κ2) is 8.15. The molecule has 0 fully saturated rings. The van der Waals surface area contributed by atoms with Gasteiger partial charge in [0.15, 0.2) is 0 Å². The Kier molecular flexibility index (Phi) is 6.20. The van der Waals surface area contributed by atoms with Gasteiger partial charge in [0.2, 0.25) is 0 Å². The van der Waals surface area contributed by atoms with E-state index in [0.717, 1.165) is 37.2 Å². The molecule has 5 nitrogen and oxygen atoms in total. The van der Waals surface area contributed by atoms with Gasteiger partial charge in [-0.2, -0.15) is 0 Å². The van der Waals surface area contributed by atoms with Crippen LogP contribution in [0.25, 0.3) is 0 Å². The first kappa shape index (κ1) is 18.3. The van der Waals surface area contributed by atoms with E-state index in [1.54, 1.807) is 36.5 Å². The number of hydrogen-bond acceptors (Lipinski definition) is 4. The number of hydrogen-bond donors (Lipinski definition) is 1. The Morgan fingerprint density at radius 3 is 2.12 bits per heavy atom. The fourth-order valence-electron chi connectivity index (χ4n) is 2.46. The van der Waals surface area contributed by atoms with Crippen LogP contribution in [0.2, 0.25) is 0 Å². The third-order valence-electron chi connectivity index (χ3n) is 3.67. The van der Waals surface area contributed by atoms with Crippen LogP contribution in [0.5, 0.6) is 0 Å². The summed E-state index contributed by atoms with van der Waals surface area (Å²) in [7, 11) is -3.61. The normalized spacial score (nSPS) is 11.3. The average Bonchev–Trinajstić information content (AvgIpc) is 2.55. The molecule has 0 bridgehead atoms. The van der Waals surface area contributed by atoms with Gasteiger partial charge in [0.25, 0.3) is 10.0 Å². The molecule has 0 aliphatic rings. The van der Waals surface area contributed by atoms with Crippen molar-refractivity contribution < 1.29 is 8.42 Å². The molecule has 0 saturated carbocycles. The highest BCUT2D eigenvalue weighted by Crippen LogP contribution is 2.19. The van der Waals surface area contributed by atoms with Crippen molar-refractivity contribution >= 4 is 21.5 Å². The van der Waals surface area contributed by atoms with Gasteiger partial charge in [-0.15, -0.1) is 0 Å². The van der Waals surface area contributed by atoms with Crippen molar-refractivity contribution in [2.24, 2.45) is 0 Å². The van der Waals surface area contributed by atoms with E-state index in [-0.39, 0.29) is 4.90 Å². The van der Waals surface area contributed by atoms with Crippen molar-refractivity contribution in [3.05, 3.63) is 48.2 Å². The van der Waals surface area contributed by atoms with Gasteiger partial charge in [-0.1, -0.05) is 31.5 Å². The predicted molar refractivity (Wildman–Crippen MR) is 99.0 cm³/mol. The van der Waals surface area contributed by atoms with Crippen molar-refractivity contribution in [3.63, 3.8) is 0 Å². The summed E-state index contributed by atoms with van der Waals surface area (Å²) in [6, 6.07) is 10.4. The summed E-state index contributed by atoms with van der Waals surface area (Å²) in [6.07, 6.45) is 3.84. The first-order chi connectivity index (χ1) is 11.5. The minimum Gasteiger partial charge on any atom is -0.370 e. The number of pyridine rings is 1. The zero-order valence-corrected chi connectivity index (χ0v) is 15.3. The van der Waals surface area contributed by atoms with Gasteiger partial charge in [0, 0.05) is 13.1 Å². The first-order valence-electron chi connectivity index (χ1n) is 8.26. The summed E-state index contributed by atoms with van der Waals surface area (Å²) in [5.41, 5.74) is 2.03. The van der Waals surface area contributed by atoms with E-state index in [1.807, 2.05) is 13.0 Å². The zero-order valence-electron chi connectivity index (χ0n) is 14.5. The van der Waals surface area contributed by atoms with Crippen LogP contribution < -0.4 is 9.62 Å². The number of nitrogens with zero attached hydrogens (tertiary/aromatic N) is 2. The molecule has 1 aromatic heterocycles. The summed E-state index contributed by atoms with van der Waals surface area (Å²) in [4.78, 5) is 6.75. The lowest BCUT2D eigenvalue weighted by Crippen LogP contribution is -2.25. The Morgan fingerprint density at radius 2 is 1.62 bits per heavy atom. The second-order valence-corrected chi connectivity index (χ2v) is 7.49. The van der Waals surface area contributed by atoms with Crippen LogP contribution in [-0.2, 0) is 10.0 Å². The molecule has 0 saturated heterocycles. The summed E-state index contributed by atoms with van der Waals surface area (Å²) in [6.45, 7) is 8.12. The van der Waals surface area contributed by atoms with Crippen molar-refractivity contribution in [3.8, 4) is 0 Å². The number of aromatic nitrogens is 1. The molecular formula is C18H25N3O2S. The van der Waals surface area contributed by atoms with Crippen LogP contribution in [0, 0.1) is 6.92 Å². The third-order valence-corrected chi connectivity index (χ3v) is 5.04. The van der Waals surface area contributed by atoms with Crippen molar-refractivity contribution in [2.45, 2.75) is 38.5 Å². The van der Waals surface area contributed by atoms with Crippen LogP contribution in [0.15, 0.2) is 47.5 Å². The van der Waals surface area contributed by atoms with Crippen molar-refractivity contribution in [2.75, 3.05) is 22.7 Å². The molecule has 2 rings (SSSR count). The Balaban J connectivity index is 2.14. The lowest BCUT2D eigenvalue weighted by atomic mass is 10.2. The zero-order chi connectivity index (χ0) is 17.6. The monoisotopic (exact) mass is 347 g/mol. The van der Waals surface area contributed by atoms with Crippen LogP contribution >= 0.6 is 0 Å². The van der Waals surface area contributed by atoms with E-state index < -0.39 is 10.0 Å². The molecule has 0 spiro atoms. The Hall–Kier alpha value is -2.08. The van der Waals surface area contributed by atoms with E-state index >= 15 is 0 Å². The van der Waals surface area contributed by atoms with E-state index in [1.165, 1.54) is 0 Å². The molecule has 0 amide bonds. The number of rotatable bonds is 8. The molecule has 1 N–H and O–H groups in total. The molecule has 6 heteroatoms. The van der Waals surface area contributed by atoms with Gasteiger partial charge in [0.1, 0.15) is 5.82 Å². The second-order valence-electron chi connectivity index (χ2n) is 5.81. The van der Waals surface area contributed by atoms with Crippen LogP contribution in [0.3, 0.4) is 0 Å². The average molecular weight is 347 g/mol. The van der Waals surface area contributed by atoms with Gasteiger partial charge in [-0.25, -0.2) is 13.4 Å². The summed E-state index contributed by atoms with van der Waals surface area (Å²) in [5.74, 6) is 0.326. The summed E-state index contributed by atoms with van der Waals surface area (Å²) in [5, 5.41) is 0. The van der Waals surface area contributed by atoms with Gasteiger partial charge in [-0.05, 0) is 44.0 Å². The minimum atomic E-state index is -3.61. The predicted octanol–water partition coefficient (Wildman–Crippen LogP) is 3.82. The highest BCUT2D eigenvalue weighted by molar-refractivity contribution is 7.92. The highest BCUT2D eigenvalue weighted by Gasteiger charge is 2.14. The maximum absolute atomic E-state index is 12.4. The fraction of sp³-hybridized carbons (Fsp3) is 0.389. The number of benzene rings is 1. The van der Waals surface area contributed by atoms with Crippen LogP contribution in [-0.4, -0.2) is 26.5 Å². The summed E-state index contributed by atoms with van der Waals surface area (Å²) < 4.78 is 27.3. The molecule has 130 valence electrons. The maximum Gasteiger partial charge on any atom is 0.263 e. The number of nitrogens with one attached hydrogen (secondary N) is 1. The van der Waals surface area contributed by atoms with E-state index in [2.05, 4.69) is 28.5 Å². The SMILES string of the molecule is CCCN(CCC)c1ccc(NS(=O)(=O)c2ccc(C)cc2)nc1. The topological polar surface area (TPSA) is 62.3 Å². The summed E-state index contributed by atoms with van der Waals surface area (Å²) >= 11 is 0. The fourth-order valence-corrected chi connectivity index (χ4v) is 3.47. The van der Waals surface area contributed by atoms with Gasteiger partial charge in [0.05, 0.1) is 16.8 Å². The molecule has 0 unspecified atom stereocenters. The van der Waals surface area contributed by atoms with E-state index in [0.29, 0.717) is 5.82 Å². The van der Waals surface area contributed by atoms with Crippen LogP contribution in [0.4, 0.5) is 11.5 Å². The smallest absolute Gasteiger partial charge is 0.263 e. The standard InChI is InChI=1S/C18H25N3O2S/c1-4-12-21(13-5-2)16-8-11-18(19-14-16)20-24(22,23)17-9-6-15(3)7-10-17/h6-11,14H,4-5,12-13H2,1-3H3,(H,19,20). The number of sulfonamides is 1. The lowest BCUT2D eigenvalue weighted by Gasteiger charge is -2.23. The Bertz CT molecular complexity index is 735. The van der Waals surface area contributed by atoms with Gasteiger partial charge < -0.3 is 4.90 Å². The number of aryl methyl sites for hydroxylation is 1. The number of anilines is 2. The van der Waals surface area contributed by atoms with E-state index in [9.17, 15) is 8.42 Å². The molecule has 24 heavy (non-hydrogen) atoms. The highest BCUT2D eigenvalue weighted by atomic mass is 32.2. The third kappa shape index (κ3) is 4.71. The molecule has 2 aromatic rings. The minimum absolute atomic E-state index is 0.234. The van der Waals surface area contributed by atoms with E-state index in [4.69, 9.17) is 0 Å². The molecular weight excluding hydrogens is 322 g/mol. The van der Waals surface area contributed by atoms with Gasteiger partial charge in [-0.3, -0.25) is 4.72 Å². The Labute approximate surface area is 144 Å². The maximum atomic E-state index is 12.4. The quantitative estimate of drug-likeness (QED) is 0.788. The first-order valence-corrected chi connectivity index (χ1v) is 9.75. The molecule has 0 aliphatic heterocycles. The van der Waals surface area contributed by atoms with Crippen molar-refractivity contribution in [1.29, 1.82) is 0 Å². The molecule has 1 heterocycles.